The van der Waals surface area contributed by atoms with Crippen molar-refractivity contribution in [3.05, 3.63) is 29.8 Å². The van der Waals surface area contributed by atoms with Crippen molar-refractivity contribution < 1.29 is 18.7 Å². The molecule has 1 aliphatic rings. The fraction of sp³-hybridized carbons (Fsp3) is 0.462. The SMILES string of the molecule is CCOC(=O)C1CCSCN1C(=O)c1cccnc1F. The van der Waals surface area contributed by atoms with Crippen LogP contribution in [0.3, 0.4) is 0 Å². The molecule has 0 spiro atoms. The van der Waals surface area contributed by atoms with Crippen molar-refractivity contribution in [2.75, 3.05) is 18.2 Å². The molecule has 0 radical (unpaired) electrons. The lowest BCUT2D eigenvalue weighted by Gasteiger charge is -2.33. The summed E-state index contributed by atoms with van der Waals surface area (Å²) in [4.78, 5) is 29.1. The van der Waals surface area contributed by atoms with Gasteiger partial charge in [-0.1, -0.05) is 0 Å². The lowest BCUT2D eigenvalue weighted by Crippen LogP contribution is -2.48. The second kappa shape index (κ2) is 6.69. The van der Waals surface area contributed by atoms with Crippen molar-refractivity contribution >= 4 is 23.6 Å². The highest BCUT2D eigenvalue weighted by molar-refractivity contribution is 7.99. The van der Waals surface area contributed by atoms with E-state index in [1.165, 1.54) is 35.0 Å². The third-order valence-electron chi connectivity index (χ3n) is 2.95. The Bertz CT molecular complexity index is 512. The Kier molecular flexibility index (Phi) is 4.94. The Morgan fingerprint density at radius 2 is 2.40 bits per heavy atom. The number of ether oxygens (including phenoxy) is 1. The van der Waals surface area contributed by atoms with E-state index in [0.29, 0.717) is 12.3 Å². The van der Waals surface area contributed by atoms with Crippen molar-refractivity contribution in [2.24, 2.45) is 0 Å². The Hall–Kier alpha value is -1.63. The van der Waals surface area contributed by atoms with Crippen molar-refractivity contribution in [2.45, 2.75) is 19.4 Å². The van der Waals surface area contributed by atoms with Crippen molar-refractivity contribution in [1.29, 1.82) is 0 Å². The summed E-state index contributed by atoms with van der Waals surface area (Å²) in [6.07, 6.45) is 1.79. The first-order valence-electron chi connectivity index (χ1n) is 6.31. The number of nitrogens with zero attached hydrogens (tertiary/aromatic N) is 2. The van der Waals surface area contributed by atoms with Gasteiger partial charge in [-0.05, 0) is 31.2 Å². The standard InChI is InChI=1S/C13H15FN2O3S/c1-2-19-13(18)10-5-7-20-8-16(10)12(17)9-4-3-6-15-11(9)14/h3-4,6,10H,2,5,7-8H2,1H3. The molecule has 7 heteroatoms. The lowest BCUT2D eigenvalue weighted by molar-refractivity contribution is -0.148. The van der Waals surface area contributed by atoms with Gasteiger partial charge in [-0.15, -0.1) is 11.8 Å². The zero-order valence-corrected chi connectivity index (χ0v) is 11.9. The number of hydrogen-bond donors (Lipinski definition) is 0. The van der Waals surface area contributed by atoms with E-state index in [-0.39, 0.29) is 12.2 Å². The van der Waals surface area contributed by atoms with Crippen LogP contribution in [0, 0.1) is 5.95 Å². The quantitative estimate of drug-likeness (QED) is 0.628. The monoisotopic (exact) mass is 298 g/mol. The highest BCUT2D eigenvalue weighted by Gasteiger charge is 2.34. The van der Waals surface area contributed by atoms with Crippen LogP contribution in [-0.4, -0.2) is 46.0 Å². The first-order chi connectivity index (χ1) is 9.65. The topological polar surface area (TPSA) is 59.5 Å². The maximum atomic E-state index is 13.6. The summed E-state index contributed by atoms with van der Waals surface area (Å²) in [6.45, 7) is 1.97. The number of thioether (sulfide) groups is 1. The molecular formula is C13H15FN2O3S. The predicted molar refractivity (Wildman–Crippen MR) is 72.7 cm³/mol. The maximum Gasteiger partial charge on any atom is 0.328 e. The summed E-state index contributed by atoms with van der Waals surface area (Å²) in [7, 11) is 0. The average molecular weight is 298 g/mol. The molecule has 0 bridgehead atoms. The van der Waals surface area contributed by atoms with Gasteiger partial charge in [-0.2, -0.15) is 4.39 Å². The second-order valence-electron chi connectivity index (χ2n) is 4.21. The van der Waals surface area contributed by atoms with Gasteiger partial charge < -0.3 is 9.64 Å². The molecule has 2 heterocycles. The molecule has 1 aliphatic heterocycles. The van der Waals surface area contributed by atoms with E-state index in [0.717, 1.165) is 5.75 Å². The molecule has 2 rings (SSSR count). The van der Waals surface area contributed by atoms with Crippen LogP contribution >= 0.6 is 11.8 Å². The molecule has 0 aromatic carbocycles. The van der Waals surface area contributed by atoms with Crippen LogP contribution in [0.5, 0.6) is 0 Å². The van der Waals surface area contributed by atoms with Gasteiger partial charge in [-0.3, -0.25) is 4.79 Å². The Balaban J connectivity index is 2.22. The lowest BCUT2D eigenvalue weighted by atomic mass is 10.1. The maximum absolute atomic E-state index is 13.6. The predicted octanol–water partition coefficient (Wildman–Crippen LogP) is 1.69. The molecule has 1 unspecified atom stereocenters. The number of halogens is 1. The van der Waals surface area contributed by atoms with Crippen LogP contribution in [0.25, 0.3) is 0 Å². The largest absolute Gasteiger partial charge is 0.464 e. The molecule has 1 aromatic rings. The van der Waals surface area contributed by atoms with Crippen molar-refractivity contribution in [3.8, 4) is 0 Å². The van der Waals surface area contributed by atoms with E-state index in [2.05, 4.69) is 4.98 Å². The minimum atomic E-state index is -0.823. The average Bonchev–Trinajstić information content (AvgIpc) is 2.47. The molecule has 1 saturated heterocycles. The molecule has 5 nitrogen and oxygen atoms in total. The molecule has 0 N–H and O–H groups in total. The number of carbonyl (C=O) groups is 2. The number of rotatable bonds is 3. The van der Waals surface area contributed by atoms with Gasteiger partial charge in [0.1, 0.15) is 6.04 Å². The number of carbonyl (C=O) groups excluding carboxylic acids is 2. The van der Waals surface area contributed by atoms with Gasteiger partial charge in [-0.25, -0.2) is 9.78 Å². The van der Waals surface area contributed by atoms with Gasteiger partial charge in [0.05, 0.1) is 18.0 Å². The van der Waals surface area contributed by atoms with Crippen molar-refractivity contribution in [1.82, 2.24) is 9.88 Å². The van der Waals surface area contributed by atoms with Gasteiger partial charge >= 0.3 is 5.97 Å². The van der Waals surface area contributed by atoms with Crippen LogP contribution in [-0.2, 0) is 9.53 Å². The molecule has 1 atom stereocenters. The van der Waals surface area contributed by atoms with Gasteiger partial charge in [0.2, 0.25) is 5.95 Å². The van der Waals surface area contributed by atoms with Gasteiger partial charge in [0.25, 0.3) is 5.91 Å². The number of hydrogen-bond acceptors (Lipinski definition) is 5. The zero-order chi connectivity index (χ0) is 14.5. The Morgan fingerprint density at radius 3 is 3.10 bits per heavy atom. The van der Waals surface area contributed by atoms with Crippen LogP contribution in [0.15, 0.2) is 18.3 Å². The van der Waals surface area contributed by atoms with Crippen molar-refractivity contribution in [3.63, 3.8) is 0 Å². The van der Waals surface area contributed by atoms with Gasteiger partial charge in [0.15, 0.2) is 0 Å². The summed E-state index contributed by atoms with van der Waals surface area (Å²) >= 11 is 1.53. The smallest absolute Gasteiger partial charge is 0.328 e. The first-order valence-corrected chi connectivity index (χ1v) is 7.46. The first kappa shape index (κ1) is 14.8. The van der Waals surface area contributed by atoms with E-state index >= 15 is 0 Å². The van der Waals surface area contributed by atoms with E-state index < -0.39 is 23.9 Å². The van der Waals surface area contributed by atoms with Crippen LogP contribution in [0.1, 0.15) is 23.7 Å². The highest BCUT2D eigenvalue weighted by Crippen LogP contribution is 2.23. The fourth-order valence-electron chi connectivity index (χ4n) is 1.99. The van der Waals surface area contributed by atoms with E-state index in [4.69, 9.17) is 4.74 Å². The van der Waals surface area contributed by atoms with Crippen LogP contribution < -0.4 is 0 Å². The summed E-state index contributed by atoms with van der Waals surface area (Å²) < 4.78 is 18.6. The molecule has 1 aromatic heterocycles. The second-order valence-corrected chi connectivity index (χ2v) is 5.29. The minimum absolute atomic E-state index is 0.121. The fourth-order valence-corrected chi connectivity index (χ4v) is 3.00. The Labute approximate surface area is 120 Å². The molecule has 20 heavy (non-hydrogen) atoms. The molecular weight excluding hydrogens is 283 g/mol. The summed E-state index contributed by atoms with van der Waals surface area (Å²) in [6, 6.07) is 2.21. The highest BCUT2D eigenvalue weighted by atomic mass is 32.2. The van der Waals surface area contributed by atoms with E-state index in [9.17, 15) is 14.0 Å². The number of amides is 1. The molecule has 108 valence electrons. The van der Waals surface area contributed by atoms with Gasteiger partial charge in [0, 0.05) is 6.20 Å². The molecule has 1 fully saturated rings. The summed E-state index contributed by atoms with van der Waals surface area (Å²) in [5.74, 6) is -0.679. The minimum Gasteiger partial charge on any atom is -0.464 e. The normalized spacial score (nSPS) is 18.7. The Morgan fingerprint density at radius 1 is 1.60 bits per heavy atom. The number of esters is 1. The zero-order valence-electron chi connectivity index (χ0n) is 11.0. The van der Waals surface area contributed by atoms with E-state index in [1.807, 2.05) is 0 Å². The van der Waals surface area contributed by atoms with E-state index in [1.54, 1.807) is 6.92 Å². The van der Waals surface area contributed by atoms with Crippen LogP contribution in [0.4, 0.5) is 4.39 Å². The number of aromatic nitrogens is 1. The van der Waals surface area contributed by atoms with Crippen LogP contribution in [0.2, 0.25) is 0 Å². The third-order valence-corrected chi connectivity index (χ3v) is 3.94. The molecule has 0 saturated carbocycles. The third kappa shape index (κ3) is 3.09. The number of pyridine rings is 1. The summed E-state index contributed by atoms with van der Waals surface area (Å²) in [5.41, 5.74) is -0.121. The molecule has 1 amide bonds. The molecule has 0 aliphatic carbocycles. The summed E-state index contributed by atoms with van der Waals surface area (Å²) in [5, 5.41) is 0.